The van der Waals surface area contributed by atoms with Crippen molar-refractivity contribution in [2.45, 2.75) is 26.4 Å². The van der Waals surface area contributed by atoms with Crippen molar-refractivity contribution >= 4 is 0 Å². The quantitative estimate of drug-likeness (QED) is 0.733. The molecule has 0 amide bonds. The van der Waals surface area contributed by atoms with E-state index in [1.54, 1.807) is 13.0 Å². The van der Waals surface area contributed by atoms with E-state index in [1.807, 2.05) is 20.0 Å². The van der Waals surface area contributed by atoms with Gasteiger partial charge in [-0.25, -0.2) is 0 Å². The molecule has 1 aliphatic carbocycles. The van der Waals surface area contributed by atoms with Crippen molar-refractivity contribution in [2.75, 3.05) is 20.1 Å². The number of nitrogens with zero attached hydrogens (tertiary/aromatic N) is 1. The van der Waals surface area contributed by atoms with Gasteiger partial charge in [0.15, 0.2) is 0 Å². The lowest BCUT2D eigenvalue weighted by molar-refractivity contribution is -0.170. The maximum Gasteiger partial charge on any atom is 0.395 e. The second kappa shape index (κ2) is 5.71. The van der Waals surface area contributed by atoms with Gasteiger partial charge in [0, 0.05) is 6.54 Å². The molecular weight excluding hydrogens is 227 g/mol. The van der Waals surface area contributed by atoms with Gasteiger partial charge in [0.2, 0.25) is 0 Å². The average Bonchev–Trinajstić information content (AvgIpc) is 2.25. The van der Waals surface area contributed by atoms with E-state index in [0.717, 1.165) is 18.7 Å². The topological polar surface area (TPSA) is 3.24 Å². The molecule has 0 aromatic heterocycles. The third-order valence-corrected chi connectivity index (χ3v) is 3.45. The molecule has 1 aliphatic rings. The standard InChI is InChI=1S/C13H20F3N/c1-4-17(3)9-8-11-6-5-7-12(10(11)2)13(14,15)16/h5-7,10,12H,4,8-9H2,1-3H3. The van der Waals surface area contributed by atoms with Crippen LogP contribution in [0.4, 0.5) is 13.2 Å². The SMILES string of the molecule is CCN(C)CCC1=CC=CC(C(F)(F)F)C1C. The minimum absolute atomic E-state index is 0.440. The van der Waals surface area contributed by atoms with E-state index in [2.05, 4.69) is 4.90 Å². The van der Waals surface area contributed by atoms with Crippen LogP contribution in [-0.4, -0.2) is 31.2 Å². The molecule has 0 aromatic rings. The highest BCUT2D eigenvalue weighted by Crippen LogP contribution is 2.39. The lowest BCUT2D eigenvalue weighted by Gasteiger charge is -2.29. The molecule has 0 saturated carbocycles. The summed E-state index contributed by atoms with van der Waals surface area (Å²) in [6.07, 6.45) is 1.21. The van der Waals surface area contributed by atoms with E-state index in [-0.39, 0.29) is 0 Å². The fraction of sp³-hybridized carbons (Fsp3) is 0.692. The molecule has 98 valence electrons. The Morgan fingerprint density at radius 2 is 2.00 bits per heavy atom. The molecule has 17 heavy (non-hydrogen) atoms. The molecule has 0 N–H and O–H groups in total. The van der Waals surface area contributed by atoms with Crippen LogP contribution in [0.1, 0.15) is 20.3 Å². The Bertz CT molecular complexity index is 304. The highest BCUT2D eigenvalue weighted by atomic mass is 19.4. The molecular formula is C13H20F3N. The van der Waals surface area contributed by atoms with E-state index < -0.39 is 18.0 Å². The van der Waals surface area contributed by atoms with Crippen LogP contribution < -0.4 is 0 Å². The third-order valence-electron chi connectivity index (χ3n) is 3.45. The van der Waals surface area contributed by atoms with E-state index in [9.17, 15) is 13.2 Å². The van der Waals surface area contributed by atoms with E-state index >= 15 is 0 Å². The van der Waals surface area contributed by atoms with Gasteiger partial charge in [0.25, 0.3) is 0 Å². The van der Waals surface area contributed by atoms with Crippen molar-refractivity contribution in [2.24, 2.45) is 11.8 Å². The largest absolute Gasteiger partial charge is 0.395 e. The first-order valence-electron chi connectivity index (χ1n) is 5.98. The first-order valence-corrected chi connectivity index (χ1v) is 5.98. The molecule has 0 radical (unpaired) electrons. The Morgan fingerprint density at radius 3 is 2.53 bits per heavy atom. The Labute approximate surface area is 101 Å². The van der Waals surface area contributed by atoms with Gasteiger partial charge in [-0.2, -0.15) is 13.2 Å². The molecule has 0 aromatic carbocycles. The minimum atomic E-state index is -4.13. The number of halogens is 3. The Hall–Kier alpha value is -0.770. The van der Waals surface area contributed by atoms with Crippen LogP contribution in [0.3, 0.4) is 0 Å². The molecule has 2 unspecified atom stereocenters. The van der Waals surface area contributed by atoms with Gasteiger partial charge >= 0.3 is 6.18 Å². The predicted octanol–water partition coefficient (Wildman–Crippen LogP) is 3.64. The predicted molar refractivity (Wildman–Crippen MR) is 63.7 cm³/mol. The molecule has 0 heterocycles. The van der Waals surface area contributed by atoms with Crippen LogP contribution in [0.2, 0.25) is 0 Å². The Balaban J connectivity index is 2.63. The summed E-state index contributed by atoms with van der Waals surface area (Å²) in [5.41, 5.74) is 0.898. The van der Waals surface area contributed by atoms with Crippen molar-refractivity contribution in [3.8, 4) is 0 Å². The minimum Gasteiger partial charge on any atom is -0.306 e. The Kier molecular flexibility index (Phi) is 4.80. The van der Waals surface area contributed by atoms with Gasteiger partial charge in [0.1, 0.15) is 0 Å². The fourth-order valence-electron chi connectivity index (χ4n) is 2.03. The molecule has 1 nitrogen and oxygen atoms in total. The number of hydrogen-bond donors (Lipinski definition) is 0. The van der Waals surface area contributed by atoms with Gasteiger partial charge < -0.3 is 4.90 Å². The molecule has 0 spiro atoms. The molecule has 2 atom stereocenters. The molecule has 0 fully saturated rings. The van der Waals surface area contributed by atoms with E-state index in [4.69, 9.17) is 0 Å². The summed E-state index contributed by atoms with van der Waals surface area (Å²) < 4.78 is 38.2. The summed E-state index contributed by atoms with van der Waals surface area (Å²) in [4.78, 5) is 2.11. The van der Waals surface area contributed by atoms with Crippen LogP contribution in [0.25, 0.3) is 0 Å². The van der Waals surface area contributed by atoms with Crippen molar-refractivity contribution in [1.82, 2.24) is 4.90 Å². The van der Waals surface area contributed by atoms with Gasteiger partial charge in [-0.05, 0) is 25.9 Å². The van der Waals surface area contributed by atoms with Crippen molar-refractivity contribution in [3.63, 3.8) is 0 Å². The number of allylic oxidation sites excluding steroid dienone is 3. The summed E-state index contributed by atoms with van der Waals surface area (Å²) in [6.45, 7) is 5.43. The number of rotatable bonds is 4. The highest BCUT2D eigenvalue weighted by Gasteiger charge is 2.42. The van der Waals surface area contributed by atoms with Crippen molar-refractivity contribution in [3.05, 3.63) is 23.8 Å². The highest BCUT2D eigenvalue weighted by molar-refractivity contribution is 5.23. The normalized spacial score (nSPS) is 25.2. The zero-order chi connectivity index (χ0) is 13.1. The second-order valence-electron chi connectivity index (χ2n) is 4.63. The average molecular weight is 247 g/mol. The van der Waals surface area contributed by atoms with Crippen LogP contribution in [-0.2, 0) is 0 Å². The fourth-order valence-corrected chi connectivity index (χ4v) is 2.03. The number of alkyl halides is 3. The molecule has 0 bridgehead atoms. The Morgan fingerprint density at radius 1 is 1.35 bits per heavy atom. The zero-order valence-electron chi connectivity index (χ0n) is 10.6. The molecule has 0 saturated heterocycles. The zero-order valence-corrected chi connectivity index (χ0v) is 10.6. The maximum atomic E-state index is 12.7. The first kappa shape index (κ1) is 14.3. The van der Waals surface area contributed by atoms with Crippen molar-refractivity contribution in [1.29, 1.82) is 0 Å². The maximum absolute atomic E-state index is 12.7. The summed E-state index contributed by atoms with van der Waals surface area (Å²) in [5, 5.41) is 0. The van der Waals surface area contributed by atoms with Gasteiger partial charge in [-0.15, -0.1) is 0 Å². The third kappa shape index (κ3) is 3.87. The lowest BCUT2D eigenvalue weighted by atomic mass is 9.81. The smallest absolute Gasteiger partial charge is 0.306 e. The van der Waals surface area contributed by atoms with E-state index in [0.29, 0.717) is 6.42 Å². The lowest BCUT2D eigenvalue weighted by Crippen LogP contribution is -2.30. The summed E-state index contributed by atoms with van der Waals surface area (Å²) in [7, 11) is 1.98. The van der Waals surface area contributed by atoms with E-state index in [1.165, 1.54) is 6.08 Å². The van der Waals surface area contributed by atoms with Crippen LogP contribution in [0.15, 0.2) is 23.8 Å². The van der Waals surface area contributed by atoms with Crippen LogP contribution in [0, 0.1) is 11.8 Å². The molecule has 4 heteroatoms. The summed E-state index contributed by atoms with van der Waals surface area (Å²) >= 11 is 0. The van der Waals surface area contributed by atoms with Gasteiger partial charge in [-0.1, -0.05) is 37.6 Å². The van der Waals surface area contributed by atoms with Gasteiger partial charge in [-0.3, -0.25) is 0 Å². The van der Waals surface area contributed by atoms with Crippen molar-refractivity contribution < 1.29 is 13.2 Å². The molecule has 1 rings (SSSR count). The number of hydrogen-bond acceptors (Lipinski definition) is 1. The summed E-state index contributed by atoms with van der Waals surface area (Å²) in [5.74, 6) is -1.76. The van der Waals surface area contributed by atoms with Crippen LogP contribution in [0.5, 0.6) is 0 Å². The summed E-state index contributed by atoms with van der Waals surface area (Å²) in [6, 6.07) is 0. The first-order chi connectivity index (χ1) is 7.86. The monoisotopic (exact) mass is 247 g/mol. The van der Waals surface area contributed by atoms with Crippen LogP contribution >= 0.6 is 0 Å². The second-order valence-corrected chi connectivity index (χ2v) is 4.63. The van der Waals surface area contributed by atoms with Gasteiger partial charge in [0.05, 0.1) is 5.92 Å². The molecule has 0 aliphatic heterocycles.